The van der Waals surface area contributed by atoms with Crippen molar-refractivity contribution in [2.75, 3.05) is 0 Å². The van der Waals surface area contributed by atoms with Crippen LogP contribution in [0.3, 0.4) is 0 Å². The largest absolute Gasteiger partial charge is 0.393 e. The van der Waals surface area contributed by atoms with Crippen molar-refractivity contribution in [3.8, 4) is 6.07 Å². The van der Waals surface area contributed by atoms with Gasteiger partial charge in [0.15, 0.2) is 0 Å². The lowest BCUT2D eigenvalue weighted by molar-refractivity contribution is 0.0228. The molecular weight excluding hydrogens is 280 g/mol. The Kier molecular flexibility index (Phi) is 3.90. The van der Waals surface area contributed by atoms with Gasteiger partial charge in [-0.05, 0) is 37.0 Å². The fourth-order valence-corrected chi connectivity index (χ4v) is 2.70. The molecule has 1 aliphatic carbocycles. The average Bonchev–Trinajstić information content (AvgIpc) is 3.00. The molecule has 0 spiro atoms. The fraction of sp³-hybridized carbons (Fsp3) is 0.312. The number of rotatable bonds is 4. The second-order valence-corrected chi connectivity index (χ2v) is 5.50. The Morgan fingerprint density at radius 1 is 1.50 bits per heavy atom. The minimum Gasteiger partial charge on any atom is -0.393 e. The van der Waals surface area contributed by atoms with Gasteiger partial charge in [-0.1, -0.05) is 6.07 Å². The van der Waals surface area contributed by atoms with E-state index in [4.69, 9.17) is 5.26 Å². The molecule has 0 bridgehead atoms. The smallest absolute Gasteiger partial charge is 0.268 e. The number of aromatic amines is 1. The zero-order valence-corrected chi connectivity index (χ0v) is 11.9. The summed E-state index contributed by atoms with van der Waals surface area (Å²) in [5.41, 5.74) is 1.54. The second kappa shape index (κ2) is 6.00. The molecular formula is C16H16N4O2. The number of carbonyl (C=O) groups excluding carboxylic acids is 1. The number of nitriles is 1. The van der Waals surface area contributed by atoms with Gasteiger partial charge in [0.2, 0.25) is 0 Å². The Morgan fingerprint density at radius 2 is 2.32 bits per heavy atom. The summed E-state index contributed by atoms with van der Waals surface area (Å²) in [6.07, 6.45) is 4.18. The highest BCUT2D eigenvalue weighted by Gasteiger charge is 2.36. The number of H-pyrrole nitrogens is 1. The summed E-state index contributed by atoms with van der Waals surface area (Å²) in [6, 6.07) is 8.81. The molecule has 1 aliphatic rings. The fourth-order valence-electron chi connectivity index (χ4n) is 2.70. The standard InChI is InChI=1S/C16H16N4O2/c17-8-10-5-14(19-9-10)16(22)20-15(11-6-12(21)7-11)13-3-1-2-4-18-13/h1-5,9,11-12,15,19,21H,6-7H2,(H,20,22). The molecule has 22 heavy (non-hydrogen) atoms. The van der Waals surface area contributed by atoms with Crippen LogP contribution in [0.25, 0.3) is 0 Å². The highest BCUT2D eigenvalue weighted by atomic mass is 16.3. The highest BCUT2D eigenvalue weighted by Crippen LogP contribution is 2.37. The molecule has 6 heteroatoms. The third-order valence-corrected chi connectivity index (χ3v) is 3.97. The molecule has 1 atom stereocenters. The van der Waals surface area contributed by atoms with Crippen LogP contribution in [0.5, 0.6) is 0 Å². The number of aliphatic hydroxyl groups is 1. The van der Waals surface area contributed by atoms with Gasteiger partial charge in [-0.3, -0.25) is 9.78 Å². The van der Waals surface area contributed by atoms with Gasteiger partial charge >= 0.3 is 0 Å². The third kappa shape index (κ3) is 2.85. The van der Waals surface area contributed by atoms with Crippen molar-refractivity contribution in [3.05, 3.63) is 53.6 Å². The number of aromatic nitrogens is 2. The van der Waals surface area contributed by atoms with Gasteiger partial charge in [0, 0.05) is 12.4 Å². The van der Waals surface area contributed by atoms with E-state index in [1.165, 1.54) is 12.3 Å². The van der Waals surface area contributed by atoms with Crippen LogP contribution in [0.4, 0.5) is 0 Å². The first-order valence-corrected chi connectivity index (χ1v) is 7.15. The molecule has 2 aromatic rings. The molecule has 3 N–H and O–H groups in total. The first-order valence-electron chi connectivity index (χ1n) is 7.15. The van der Waals surface area contributed by atoms with E-state index in [-0.39, 0.29) is 24.0 Å². The van der Waals surface area contributed by atoms with Crippen LogP contribution in [0.2, 0.25) is 0 Å². The van der Waals surface area contributed by atoms with Crippen molar-refractivity contribution in [2.24, 2.45) is 5.92 Å². The van der Waals surface area contributed by atoms with E-state index in [0.717, 1.165) is 5.69 Å². The number of hydrogen-bond donors (Lipinski definition) is 3. The summed E-state index contributed by atoms with van der Waals surface area (Å²) >= 11 is 0. The highest BCUT2D eigenvalue weighted by molar-refractivity contribution is 5.93. The summed E-state index contributed by atoms with van der Waals surface area (Å²) in [6.45, 7) is 0. The first kappa shape index (κ1) is 14.3. The predicted molar refractivity (Wildman–Crippen MR) is 78.7 cm³/mol. The zero-order chi connectivity index (χ0) is 15.5. The minimum absolute atomic E-state index is 0.166. The van der Waals surface area contributed by atoms with Crippen LogP contribution < -0.4 is 5.32 Å². The molecule has 1 unspecified atom stereocenters. The minimum atomic E-state index is -0.302. The zero-order valence-electron chi connectivity index (χ0n) is 11.9. The van der Waals surface area contributed by atoms with E-state index in [2.05, 4.69) is 15.3 Å². The van der Waals surface area contributed by atoms with Crippen molar-refractivity contribution in [1.29, 1.82) is 5.26 Å². The average molecular weight is 296 g/mol. The van der Waals surface area contributed by atoms with Gasteiger partial charge in [0.1, 0.15) is 11.8 Å². The van der Waals surface area contributed by atoms with Crippen molar-refractivity contribution >= 4 is 5.91 Å². The van der Waals surface area contributed by atoms with E-state index in [9.17, 15) is 9.90 Å². The predicted octanol–water partition coefficient (Wildman–Crippen LogP) is 1.52. The van der Waals surface area contributed by atoms with Crippen LogP contribution in [-0.4, -0.2) is 27.1 Å². The Labute approximate surface area is 127 Å². The van der Waals surface area contributed by atoms with E-state index >= 15 is 0 Å². The van der Waals surface area contributed by atoms with Crippen LogP contribution >= 0.6 is 0 Å². The van der Waals surface area contributed by atoms with Gasteiger partial charge in [0.05, 0.1) is 23.4 Å². The van der Waals surface area contributed by atoms with Crippen LogP contribution in [-0.2, 0) is 0 Å². The topological polar surface area (TPSA) is 102 Å². The molecule has 3 rings (SSSR count). The van der Waals surface area contributed by atoms with Gasteiger partial charge < -0.3 is 15.4 Å². The number of pyridine rings is 1. The normalized spacial score (nSPS) is 21.5. The van der Waals surface area contributed by atoms with Crippen molar-refractivity contribution in [1.82, 2.24) is 15.3 Å². The lowest BCUT2D eigenvalue weighted by Gasteiger charge is -2.37. The molecule has 1 saturated carbocycles. The summed E-state index contributed by atoms with van der Waals surface area (Å²) in [5.74, 6) is -0.113. The van der Waals surface area contributed by atoms with E-state index in [1.54, 1.807) is 6.20 Å². The maximum atomic E-state index is 12.3. The van der Waals surface area contributed by atoms with Crippen LogP contribution in [0.1, 0.15) is 40.6 Å². The number of nitrogens with one attached hydrogen (secondary N) is 2. The van der Waals surface area contributed by atoms with Gasteiger partial charge in [0.25, 0.3) is 5.91 Å². The molecule has 6 nitrogen and oxygen atoms in total. The molecule has 0 saturated heterocycles. The summed E-state index contributed by atoms with van der Waals surface area (Å²) in [7, 11) is 0. The molecule has 0 aromatic carbocycles. The maximum Gasteiger partial charge on any atom is 0.268 e. The maximum absolute atomic E-state index is 12.3. The molecule has 2 heterocycles. The Morgan fingerprint density at radius 3 is 2.91 bits per heavy atom. The number of nitrogens with zero attached hydrogens (tertiary/aromatic N) is 2. The number of hydrogen-bond acceptors (Lipinski definition) is 4. The van der Waals surface area contributed by atoms with E-state index in [0.29, 0.717) is 24.1 Å². The molecule has 112 valence electrons. The molecule has 0 aliphatic heterocycles. The SMILES string of the molecule is N#Cc1c[nH]c(C(=O)NC(c2ccccn2)C2CC(O)C2)c1. The van der Waals surface area contributed by atoms with Crippen molar-refractivity contribution < 1.29 is 9.90 Å². The third-order valence-electron chi connectivity index (χ3n) is 3.97. The van der Waals surface area contributed by atoms with Gasteiger partial charge in [-0.25, -0.2) is 0 Å². The molecule has 0 radical (unpaired) electrons. The number of carbonyl (C=O) groups is 1. The van der Waals surface area contributed by atoms with Crippen molar-refractivity contribution in [2.45, 2.75) is 25.0 Å². The first-order chi connectivity index (χ1) is 10.7. The van der Waals surface area contributed by atoms with Crippen LogP contribution in [0, 0.1) is 17.2 Å². The monoisotopic (exact) mass is 296 g/mol. The quantitative estimate of drug-likeness (QED) is 0.796. The van der Waals surface area contributed by atoms with Gasteiger partial charge in [-0.2, -0.15) is 5.26 Å². The second-order valence-electron chi connectivity index (χ2n) is 5.50. The Balaban J connectivity index is 1.78. The Bertz CT molecular complexity index is 698. The van der Waals surface area contributed by atoms with Crippen molar-refractivity contribution in [3.63, 3.8) is 0 Å². The number of aliphatic hydroxyl groups excluding tert-OH is 1. The molecule has 1 fully saturated rings. The molecule has 2 aromatic heterocycles. The van der Waals surface area contributed by atoms with E-state index < -0.39 is 0 Å². The summed E-state index contributed by atoms with van der Waals surface area (Å²) in [4.78, 5) is 19.5. The molecule has 1 amide bonds. The number of amides is 1. The summed E-state index contributed by atoms with van der Waals surface area (Å²) in [5, 5.41) is 21.3. The summed E-state index contributed by atoms with van der Waals surface area (Å²) < 4.78 is 0. The lowest BCUT2D eigenvalue weighted by atomic mass is 9.76. The van der Waals surface area contributed by atoms with Crippen LogP contribution in [0.15, 0.2) is 36.7 Å². The lowest BCUT2D eigenvalue weighted by Crippen LogP contribution is -2.41. The Hall–Kier alpha value is -2.65. The van der Waals surface area contributed by atoms with Gasteiger partial charge in [-0.15, -0.1) is 0 Å². The van der Waals surface area contributed by atoms with E-state index in [1.807, 2.05) is 24.3 Å².